The highest BCUT2D eigenvalue weighted by Gasteiger charge is 2.16. The molecular formula is C19H21ClN2O3. The number of carbonyl (C=O) groups excluding carboxylic acids is 1. The Morgan fingerprint density at radius 3 is 2.68 bits per heavy atom. The molecule has 0 heterocycles. The fourth-order valence-electron chi connectivity index (χ4n) is 2.25. The molecule has 0 radical (unpaired) electrons. The summed E-state index contributed by atoms with van der Waals surface area (Å²) in [5.74, 6) is 0.335. The van der Waals surface area contributed by atoms with Gasteiger partial charge in [-0.3, -0.25) is 4.79 Å². The van der Waals surface area contributed by atoms with Crippen molar-refractivity contribution in [3.63, 3.8) is 0 Å². The number of amides is 1. The summed E-state index contributed by atoms with van der Waals surface area (Å²) in [7, 11) is 0. The number of aromatic hydroxyl groups is 1. The van der Waals surface area contributed by atoms with E-state index in [1.54, 1.807) is 49.4 Å². The molecule has 1 atom stereocenters. The number of hydrogen-bond acceptors (Lipinski definition) is 4. The lowest BCUT2D eigenvalue weighted by atomic mass is 10.1. The van der Waals surface area contributed by atoms with Crippen LogP contribution in [0.15, 0.2) is 47.6 Å². The number of rotatable bonds is 6. The number of para-hydroxylation sites is 1. The standard InChI is InChI=1S/C19H21ClN2O3/c1-4-16(15-7-5-6-8-17(15)23)21-22-19(24)13(3)25-18-10-9-14(20)11-12(18)2/h5-11,13,23H,4H2,1-3H3,(H,22,24)/b21-16-/t13-/m0/s1. The summed E-state index contributed by atoms with van der Waals surface area (Å²) >= 11 is 5.91. The zero-order chi connectivity index (χ0) is 18.4. The van der Waals surface area contributed by atoms with Crippen molar-refractivity contribution in [1.29, 1.82) is 0 Å². The molecule has 0 fully saturated rings. The van der Waals surface area contributed by atoms with Crippen LogP contribution in [0.2, 0.25) is 5.02 Å². The molecule has 25 heavy (non-hydrogen) atoms. The van der Waals surface area contributed by atoms with Gasteiger partial charge in [0, 0.05) is 10.6 Å². The Balaban J connectivity index is 2.06. The van der Waals surface area contributed by atoms with Crippen LogP contribution in [0, 0.1) is 6.92 Å². The van der Waals surface area contributed by atoms with Crippen molar-refractivity contribution in [2.75, 3.05) is 0 Å². The van der Waals surface area contributed by atoms with Crippen LogP contribution in [0.4, 0.5) is 0 Å². The highest BCUT2D eigenvalue weighted by molar-refractivity contribution is 6.30. The lowest BCUT2D eigenvalue weighted by molar-refractivity contribution is -0.127. The van der Waals surface area contributed by atoms with Crippen molar-refractivity contribution >= 4 is 23.2 Å². The van der Waals surface area contributed by atoms with Gasteiger partial charge in [-0.1, -0.05) is 30.7 Å². The van der Waals surface area contributed by atoms with Gasteiger partial charge in [-0.05, 0) is 56.2 Å². The van der Waals surface area contributed by atoms with E-state index in [0.29, 0.717) is 28.5 Å². The first kappa shape index (κ1) is 18.8. The van der Waals surface area contributed by atoms with Gasteiger partial charge in [0.2, 0.25) is 0 Å². The third-order valence-electron chi connectivity index (χ3n) is 3.66. The molecular weight excluding hydrogens is 340 g/mol. The first-order valence-electron chi connectivity index (χ1n) is 8.00. The number of nitrogens with zero attached hydrogens (tertiary/aromatic N) is 1. The summed E-state index contributed by atoms with van der Waals surface area (Å²) in [4.78, 5) is 12.2. The van der Waals surface area contributed by atoms with E-state index in [-0.39, 0.29) is 11.7 Å². The summed E-state index contributed by atoms with van der Waals surface area (Å²) in [5, 5.41) is 14.6. The minimum atomic E-state index is -0.730. The topological polar surface area (TPSA) is 70.9 Å². The second-order valence-corrected chi connectivity index (χ2v) is 6.01. The van der Waals surface area contributed by atoms with Gasteiger partial charge in [0.25, 0.3) is 5.91 Å². The normalized spacial score (nSPS) is 12.6. The van der Waals surface area contributed by atoms with Crippen LogP contribution in [0.3, 0.4) is 0 Å². The summed E-state index contributed by atoms with van der Waals surface area (Å²) in [5.41, 5.74) is 4.52. The third kappa shape index (κ3) is 4.97. The third-order valence-corrected chi connectivity index (χ3v) is 3.90. The van der Waals surface area contributed by atoms with Gasteiger partial charge in [0.15, 0.2) is 6.10 Å². The number of hydrazone groups is 1. The predicted molar refractivity (Wildman–Crippen MR) is 99.4 cm³/mol. The number of carbonyl (C=O) groups is 1. The highest BCUT2D eigenvalue weighted by Crippen LogP contribution is 2.23. The van der Waals surface area contributed by atoms with E-state index in [1.807, 2.05) is 13.8 Å². The van der Waals surface area contributed by atoms with Gasteiger partial charge in [-0.2, -0.15) is 5.10 Å². The second kappa shape index (κ2) is 8.53. The Labute approximate surface area is 152 Å². The molecule has 2 aromatic rings. The maximum Gasteiger partial charge on any atom is 0.280 e. The van der Waals surface area contributed by atoms with Crippen molar-refractivity contribution in [2.45, 2.75) is 33.3 Å². The molecule has 1 amide bonds. The smallest absolute Gasteiger partial charge is 0.280 e. The number of benzene rings is 2. The minimum Gasteiger partial charge on any atom is -0.507 e. The van der Waals surface area contributed by atoms with Crippen LogP contribution in [-0.2, 0) is 4.79 Å². The average molecular weight is 361 g/mol. The van der Waals surface area contributed by atoms with E-state index in [1.165, 1.54) is 0 Å². The van der Waals surface area contributed by atoms with Crippen molar-refractivity contribution in [3.8, 4) is 11.5 Å². The lowest BCUT2D eigenvalue weighted by Crippen LogP contribution is -2.34. The molecule has 2 aromatic carbocycles. The fourth-order valence-corrected chi connectivity index (χ4v) is 2.48. The number of phenolic OH excluding ortho intramolecular Hbond substituents is 1. The maximum absolute atomic E-state index is 12.2. The molecule has 2 rings (SSSR count). The molecule has 0 aliphatic heterocycles. The number of ether oxygens (including phenoxy) is 1. The Bertz CT molecular complexity index is 790. The fraction of sp³-hybridized carbons (Fsp3) is 0.263. The predicted octanol–water partition coefficient (Wildman–Crippen LogP) is 4.05. The number of hydrogen-bond donors (Lipinski definition) is 2. The lowest BCUT2D eigenvalue weighted by Gasteiger charge is -2.15. The summed E-state index contributed by atoms with van der Waals surface area (Å²) < 4.78 is 5.67. The summed E-state index contributed by atoms with van der Waals surface area (Å²) in [6.45, 7) is 5.40. The number of nitrogens with one attached hydrogen (secondary N) is 1. The Morgan fingerprint density at radius 2 is 2.04 bits per heavy atom. The van der Waals surface area contributed by atoms with E-state index in [0.717, 1.165) is 5.56 Å². The average Bonchev–Trinajstić information content (AvgIpc) is 2.59. The van der Waals surface area contributed by atoms with Crippen LogP contribution >= 0.6 is 11.6 Å². The van der Waals surface area contributed by atoms with Crippen LogP contribution in [0.5, 0.6) is 11.5 Å². The zero-order valence-electron chi connectivity index (χ0n) is 14.4. The first-order chi connectivity index (χ1) is 11.9. The van der Waals surface area contributed by atoms with E-state index < -0.39 is 6.10 Å². The molecule has 5 nitrogen and oxygen atoms in total. The van der Waals surface area contributed by atoms with Crippen LogP contribution in [0.1, 0.15) is 31.4 Å². The maximum atomic E-state index is 12.2. The Morgan fingerprint density at radius 1 is 1.32 bits per heavy atom. The van der Waals surface area contributed by atoms with Crippen LogP contribution in [-0.4, -0.2) is 22.8 Å². The molecule has 0 unspecified atom stereocenters. The van der Waals surface area contributed by atoms with Gasteiger partial charge in [-0.15, -0.1) is 0 Å². The van der Waals surface area contributed by atoms with Gasteiger partial charge < -0.3 is 9.84 Å². The number of aryl methyl sites for hydroxylation is 1. The Hall–Kier alpha value is -2.53. The SMILES string of the molecule is CC/C(=N/NC(=O)[C@H](C)Oc1ccc(Cl)cc1C)c1ccccc1O. The summed E-state index contributed by atoms with van der Waals surface area (Å²) in [6, 6.07) is 12.1. The molecule has 0 saturated carbocycles. The van der Waals surface area contributed by atoms with Crippen molar-refractivity contribution in [1.82, 2.24) is 5.43 Å². The molecule has 0 saturated heterocycles. The van der Waals surface area contributed by atoms with Gasteiger partial charge >= 0.3 is 0 Å². The quantitative estimate of drug-likeness (QED) is 0.603. The monoisotopic (exact) mass is 360 g/mol. The minimum absolute atomic E-state index is 0.124. The van der Waals surface area contributed by atoms with E-state index in [2.05, 4.69) is 10.5 Å². The number of phenols is 1. The van der Waals surface area contributed by atoms with Crippen LogP contribution < -0.4 is 10.2 Å². The van der Waals surface area contributed by atoms with E-state index in [4.69, 9.17) is 16.3 Å². The van der Waals surface area contributed by atoms with Crippen molar-refractivity contribution < 1.29 is 14.6 Å². The van der Waals surface area contributed by atoms with Crippen molar-refractivity contribution in [3.05, 3.63) is 58.6 Å². The molecule has 6 heteroatoms. The molecule has 2 N–H and O–H groups in total. The molecule has 0 bridgehead atoms. The van der Waals surface area contributed by atoms with Crippen molar-refractivity contribution in [2.24, 2.45) is 5.10 Å². The van der Waals surface area contributed by atoms with Crippen LogP contribution in [0.25, 0.3) is 0 Å². The van der Waals surface area contributed by atoms with Gasteiger partial charge in [0.1, 0.15) is 11.5 Å². The van der Waals surface area contributed by atoms with E-state index >= 15 is 0 Å². The highest BCUT2D eigenvalue weighted by atomic mass is 35.5. The largest absolute Gasteiger partial charge is 0.507 e. The second-order valence-electron chi connectivity index (χ2n) is 5.58. The van der Waals surface area contributed by atoms with Gasteiger partial charge in [-0.25, -0.2) is 5.43 Å². The molecule has 0 aliphatic rings. The molecule has 0 aromatic heterocycles. The zero-order valence-corrected chi connectivity index (χ0v) is 15.2. The van der Waals surface area contributed by atoms with E-state index in [9.17, 15) is 9.90 Å². The molecule has 132 valence electrons. The first-order valence-corrected chi connectivity index (χ1v) is 8.37. The summed E-state index contributed by atoms with van der Waals surface area (Å²) in [6.07, 6.45) is -0.172. The van der Waals surface area contributed by atoms with Gasteiger partial charge in [0.05, 0.1) is 5.71 Å². The number of halogens is 1. The molecule has 0 spiro atoms. The Kier molecular flexibility index (Phi) is 6.42. The molecule has 0 aliphatic carbocycles.